The van der Waals surface area contributed by atoms with Gasteiger partial charge in [-0.05, 0) is 58.6 Å². The van der Waals surface area contributed by atoms with Gasteiger partial charge >= 0.3 is 0 Å². The van der Waals surface area contributed by atoms with E-state index in [2.05, 4.69) is 5.32 Å². The first kappa shape index (κ1) is 21.9. The van der Waals surface area contributed by atoms with Gasteiger partial charge in [-0.1, -0.05) is 36.4 Å². The van der Waals surface area contributed by atoms with Crippen LogP contribution >= 0.6 is 11.3 Å². The number of fused-ring (bicyclic) bond motifs is 1. The van der Waals surface area contributed by atoms with Gasteiger partial charge < -0.3 is 10.1 Å². The molecule has 6 nitrogen and oxygen atoms in total. The second kappa shape index (κ2) is 9.42. The van der Waals surface area contributed by atoms with Crippen molar-refractivity contribution in [2.24, 2.45) is 0 Å². The Hall–Kier alpha value is -3.36. The lowest BCUT2D eigenvalue weighted by Crippen LogP contribution is -2.28. The third kappa shape index (κ3) is 4.76. The fourth-order valence-electron chi connectivity index (χ4n) is 3.20. The number of ether oxygens (including phenoxy) is 1. The van der Waals surface area contributed by atoms with E-state index >= 15 is 0 Å². The molecule has 0 aliphatic rings. The van der Waals surface area contributed by atoms with Crippen molar-refractivity contribution < 1.29 is 17.9 Å². The van der Waals surface area contributed by atoms with E-state index in [0.717, 1.165) is 16.5 Å². The summed E-state index contributed by atoms with van der Waals surface area (Å²) in [5.41, 5.74) is 0.927. The van der Waals surface area contributed by atoms with Crippen molar-refractivity contribution in [2.75, 3.05) is 24.5 Å². The number of anilines is 1. The number of benzene rings is 3. The number of nitrogens with zero attached hydrogens (tertiary/aromatic N) is 1. The molecule has 1 amide bonds. The highest BCUT2D eigenvalue weighted by molar-refractivity contribution is 7.94. The number of nitrogens with one attached hydrogen (secondary N) is 1. The molecule has 0 bridgehead atoms. The van der Waals surface area contributed by atoms with Crippen LogP contribution in [-0.2, 0) is 10.0 Å². The summed E-state index contributed by atoms with van der Waals surface area (Å²) in [6.07, 6.45) is 0. The van der Waals surface area contributed by atoms with Gasteiger partial charge in [-0.3, -0.25) is 9.10 Å². The molecule has 0 aliphatic heterocycles. The summed E-state index contributed by atoms with van der Waals surface area (Å²) in [6.45, 7) is 0.685. The van der Waals surface area contributed by atoms with E-state index in [4.69, 9.17) is 4.74 Å². The van der Waals surface area contributed by atoms with Crippen LogP contribution in [0.3, 0.4) is 0 Å². The Bertz CT molecular complexity index is 1320. The predicted molar refractivity (Wildman–Crippen MR) is 128 cm³/mol. The smallest absolute Gasteiger partial charge is 0.273 e. The van der Waals surface area contributed by atoms with Crippen LogP contribution in [0.25, 0.3) is 10.8 Å². The standard InChI is InChI=1S/C24H22N2O4S2/c1-26(32(28,29)23-7-4-16-31-23)21-11-8-19(9-12-21)24(27)25-14-15-30-22-13-10-18-5-2-3-6-20(18)17-22/h2-13,16-17H,14-15H2,1H3,(H,25,27). The quantitative estimate of drug-likeness (QED) is 0.387. The molecule has 3 aromatic carbocycles. The molecule has 0 saturated carbocycles. The monoisotopic (exact) mass is 466 g/mol. The van der Waals surface area contributed by atoms with E-state index in [1.807, 2.05) is 42.5 Å². The van der Waals surface area contributed by atoms with Gasteiger partial charge in [-0.2, -0.15) is 0 Å². The summed E-state index contributed by atoms with van der Waals surface area (Å²) in [7, 11) is -2.11. The summed E-state index contributed by atoms with van der Waals surface area (Å²) >= 11 is 1.17. The molecular formula is C24H22N2O4S2. The first-order valence-electron chi connectivity index (χ1n) is 9.97. The maximum atomic E-state index is 12.6. The van der Waals surface area contributed by atoms with Crippen molar-refractivity contribution in [1.82, 2.24) is 5.32 Å². The summed E-state index contributed by atoms with van der Waals surface area (Å²) in [5.74, 6) is 0.500. The highest BCUT2D eigenvalue weighted by Crippen LogP contribution is 2.25. The van der Waals surface area contributed by atoms with Crippen molar-refractivity contribution in [1.29, 1.82) is 0 Å². The molecule has 1 N–H and O–H groups in total. The molecular weight excluding hydrogens is 444 g/mol. The Kier molecular flexibility index (Phi) is 6.43. The zero-order valence-electron chi connectivity index (χ0n) is 17.4. The summed E-state index contributed by atoms with van der Waals surface area (Å²) in [6, 6.07) is 23.6. The molecule has 4 aromatic rings. The van der Waals surface area contributed by atoms with E-state index in [1.54, 1.807) is 41.8 Å². The van der Waals surface area contributed by atoms with Crippen LogP contribution in [0.2, 0.25) is 0 Å². The van der Waals surface area contributed by atoms with E-state index < -0.39 is 10.0 Å². The molecule has 0 unspecified atom stereocenters. The van der Waals surface area contributed by atoms with Crippen LogP contribution in [0.15, 0.2) is 88.5 Å². The summed E-state index contributed by atoms with van der Waals surface area (Å²) in [4.78, 5) is 12.4. The first-order valence-corrected chi connectivity index (χ1v) is 12.3. The molecule has 32 heavy (non-hydrogen) atoms. The number of hydrogen-bond acceptors (Lipinski definition) is 5. The molecule has 1 heterocycles. The molecule has 0 fully saturated rings. The summed E-state index contributed by atoms with van der Waals surface area (Å²) in [5, 5.41) is 6.77. The molecule has 0 saturated heterocycles. The molecule has 0 spiro atoms. The highest BCUT2D eigenvalue weighted by atomic mass is 32.2. The van der Waals surface area contributed by atoms with Gasteiger partial charge in [0.2, 0.25) is 0 Å². The average Bonchev–Trinajstić information content (AvgIpc) is 3.37. The van der Waals surface area contributed by atoms with Gasteiger partial charge in [0.15, 0.2) is 0 Å². The number of carbonyl (C=O) groups excluding carboxylic acids is 1. The molecule has 1 aromatic heterocycles. The number of amides is 1. The fraction of sp³-hybridized carbons (Fsp3) is 0.125. The third-order valence-corrected chi connectivity index (χ3v) is 8.14. The van der Waals surface area contributed by atoms with Crippen LogP contribution in [0.5, 0.6) is 5.75 Å². The van der Waals surface area contributed by atoms with E-state index in [-0.39, 0.29) is 10.1 Å². The minimum absolute atomic E-state index is 0.248. The zero-order chi connectivity index (χ0) is 22.6. The maximum Gasteiger partial charge on any atom is 0.273 e. The normalized spacial score (nSPS) is 11.3. The minimum Gasteiger partial charge on any atom is -0.492 e. The molecule has 164 valence electrons. The zero-order valence-corrected chi connectivity index (χ0v) is 19.0. The van der Waals surface area contributed by atoms with Crippen molar-refractivity contribution >= 4 is 43.7 Å². The molecule has 0 aliphatic carbocycles. The molecule has 0 radical (unpaired) electrons. The van der Waals surface area contributed by atoms with Crippen molar-refractivity contribution in [3.63, 3.8) is 0 Å². The Morgan fingerprint density at radius 1 is 0.969 bits per heavy atom. The first-order chi connectivity index (χ1) is 15.4. The van der Waals surface area contributed by atoms with Crippen LogP contribution < -0.4 is 14.4 Å². The third-order valence-electron chi connectivity index (χ3n) is 4.98. The van der Waals surface area contributed by atoms with E-state index in [9.17, 15) is 13.2 Å². The number of thiophene rings is 1. The topological polar surface area (TPSA) is 75.7 Å². The lowest BCUT2D eigenvalue weighted by atomic mass is 10.1. The maximum absolute atomic E-state index is 12.6. The lowest BCUT2D eigenvalue weighted by Gasteiger charge is -2.18. The Morgan fingerprint density at radius 2 is 1.72 bits per heavy atom. The number of sulfonamides is 1. The number of carbonyl (C=O) groups is 1. The number of hydrogen-bond donors (Lipinski definition) is 1. The average molecular weight is 467 g/mol. The second-order valence-electron chi connectivity index (χ2n) is 7.06. The molecule has 8 heteroatoms. The fourth-order valence-corrected chi connectivity index (χ4v) is 5.56. The second-order valence-corrected chi connectivity index (χ2v) is 10.2. The van der Waals surface area contributed by atoms with Crippen molar-refractivity contribution in [3.05, 3.63) is 89.8 Å². The largest absolute Gasteiger partial charge is 0.492 e. The lowest BCUT2D eigenvalue weighted by molar-refractivity contribution is 0.0947. The van der Waals surface area contributed by atoms with Gasteiger partial charge in [-0.15, -0.1) is 11.3 Å². The predicted octanol–water partition coefficient (Wildman–Crippen LogP) is 4.54. The van der Waals surface area contributed by atoms with Gasteiger partial charge in [0.25, 0.3) is 15.9 Å². The van der Waals surface area contributed by atoms with Crippen LogP contribution in [0.4, 0.5) is 5.69 Å². The van der Waals surface area contributed by atoms with E-state index in [1.165, 1.54) is 22.7 Å². The highest BCUT2D eigenvalue weighted by Gasteiger charge is 2.22. The Balaban J connectivity index is 1.31. The van der Waals surface area contributed by atoms with Crippen molar-refractivity contribution in [3.8, 4) is 5.75 Å². The Morgan fingerprint density at radius 3 is 2.44 bits per heavy atom. The van der Waals surface area contributed by atoms with Gasteiger partial charge in [0.05, 0.1) is 12.2 Å². The van der Waals surface area contributed by atoms with E-state index in [0.29, 0.717) is 24.4 Å². The minimum atomic E-state index is -3.60. The van der Waals surface area contributed by atoms with Crippen LogP contribution in [0.1, 0.15) is 10.4 Å². The van der Waals surface area contributed by atoms with Crippen LogP contribution in [-0.4, -0.2) is 34.5 Å². The molecule has 4 rings (SSSR count). The SMILES string of the molecule is CN(c1ccc(C(=O)NCCOc2ccc3ccccc3c2)cc1)S(=O)(=O)c1cccs1. The molecule has 0 atom stereocenters. The number of rotatable bonds is 8. The van der Waals surface area contributed by atoms with Gasteiger partial charge in [-0.25, -0.2) is 8.42 Å². The Labute approximate surface area is 191 Å². The van der Waals surface area contributed by atoms with Crippen molar-refractivity contribution in [2.45, 2.75) is 4.21 Å². The van der Waals surface area contributed by atoms with Gasteiger partial charge in [0.1, 0.15) is 16.6 Å². The van der Waals surface area contributed by atoms with Crippen LogP contribution in [0, 0.1) is 0 Å². The summed E-state index contributed by atoms with van der Waals surface area (Å²) < 4.78 is 32.5. The van der Waals surface area contributed by atoms with Gasteiger partial charge in [0, 0.05) is 12.6 Å².